The summed E-state index contributed by atoms with van der Waals surface area (Å²) in [7, 11) is 0. The highest BCUT2D eigenvalue weighted by Crippen LogP contribution is 2.19. The van der Waals surface area contributed by atoms with Crippen LogP contribution in [-0.4, -0.2) is 80.7 Å². The summed E-state index contributed by atoms with van der Waals surface area (Å²) in [5.41, 5.74) is 2.29. The molecule has 302 valence electrons. The first kappa shape index (κ1) is 45.9. The third kappa shape index (κ3) is 24.6. The van der Waals surface area contributed by atoms with E-state index < -0.39 is 12.3 Å². The number of carbonyl (C=O) groups is 3. The number of para-hydroxylation sites is 1. The molecule has 0 atom stereocenters. The van der Waals surface area contributed by atoms with Gasteiger partial charge in [0.1, 0.15) is 0 Å². The highest BCUT2D eigenvalue weighted by Gasteiger charge is 2.10. The van der Waals surface area contributed by atoms with E-state index in [9.17, 15) is 14.4 Å². The van der Waals surface area contributed by atoms with Crippen molar-refractivity contribution < 1.29 is 33.3 Å². The number of hydrogen-bond acceptors (Lipinski definition) is 8. The van der Waals surface area contributed by atoms with Crippen LogP contribution in [-0.2, 0) is 30.2 Å². The molecule has 2 rings (SSSR count). The van der Waals surface area contributed by atoms with E-state index in [4.69, 9.17) is 18.9 Å². The third-order valence-electron chi connectivity index (χ3n) is 9.63. The number of rotatable bonds is 34. The molecule has 10 nitrogen and oxygen atoms in total. The molecule has 0 unspecified atom stereocenters. The lowest BCUT2D eigenvalue weighted by Gasteiger charge is -2.22. The molecule has 2 N–H and O–H groups in total. The molecule has 0 bridgehead atoms. The van der Waals surface area contributed by atoms with Crippen LogP contribution in [0, 0.1) is 0 Å². The number of amides is 1. The highest BCUT2D eigenvalue weighted by molar-refractivity contribution is 5.84. The molecule has 53 heavy (non-hydrogen) atoms. The van der Waals surface area contributed by atoms with Crippen molar-refractivity contribution in [3.05, 3.63) is 36.0 Å². The molecule has 0 saturated carbocycles. The maximum atomic E-state index is 12.4. The Labute approximate surface area is 320 Å². The lowest BCUT2D eigenvalue weighted by Crippen LogP contribution is -2.28. The fraction of sp³-hybridized carbons (Fsp3) is 0.744. The van der Waals surface area contributed by atoms with Gasteiger partial charge in [-0.15, -0.1) is 0 Å². The number of ether oxygens (including phenoxy) is 4. The topological polar surface area (TPSA) is 119 Å². The summed E-state index contributed by atoms with van der Waals surface area (Å²) in [6.45, 7) is 9.53. The number of aryl methyl sites for hydroxylation is 1. The Morgan fingerprint density at radius 1 is 0.585 bits per heavy atom. The Morgan fingerprint density at radius 3 is 1.60 bits per heavy atom. The minimum Gasteiger partial charge on any atom is -0.434 e. The lowest BCUT2D eigenvalue weighted by molar-refractivity contribution is -0.121. The third-order valence-corrected chi connectivity index (χ3v) is 9.63. The van der Waals surface area contributed by atoms with Crippen molar-refractivity contribution in [3.63, 3.8) is 0 Å². The average molecular weight is 744 g/mol. The van der Waals surface area contributed by atoms with Gasteiger partial charge < -0.3 is 34.1 Å². The summed E-state index contributed by atoms with van der Waals surface area (Å²) in [5, 5.41) is 4.27. The molecule has 1 amide bonds. The molecule has 0 saturated heterocycles. The number of nitrogens with one attached hydrogen (secondary N) is 2. The van der Waals surface area contributed by atoms with Gasteiger partial charge in [-0.2, -0.15) is 0 Å². The molecule has 1 aromatic carbocycles. The molecular formula is C43H73N3O7. The van der Waals surface area contributed by atoms with Crippen molar-refractivity contribution in [1.29, 1.82) is 0 Å². The molecule has 1 heterocycles. The molecular weight excluding hydrogens is 670 g/mol. The van der Waals surface area contributed by atoms with Crippen LogP contribution in [0.3, 0.4) is 0 Å². The monoisotopic (exact) mass is 744 g/mol. The van der Waals surface area contributed by atoms with Crippen LogP contribution in [0.15, 0.2) is 30.5 Å². The number of aromatic nitrogens is 1. The van der Waals surface area contributed by atoms with Crippen LogP contribution in [0.5, 0.6) is 0 Å². The summed E-state index contributed by atoms with van der Waals surface area (Å²) < 4.78 is 21.0. The van der Waals surface area contributed by atoms with Crippen molar-refractivity contribution in [3.8, 4) is 0 Å². The second kappa shape index (κ2) is 32.2. The molecule has 0 fully saturated rings. The SMILES string of the molecule is CCCCCCCCOC(=O)OCCCCN(CCCCCCNC(=O)CCc1c[nH]c2ccccc12)CCCCOC(=O)OCCCCCCCC. The van der Waals surface area contributed by atoms with Gasteiger partial charge in [0.2, 0.25) is 5.91 Å². The molecule has 0 aliphatic heterocycles. The van der Waals surface area contributed by atoms with Crippen LogP contribution in [0.25, 0.3) is 10.9 Å². The van der Waals surface area contributed by atoms with E-state index in [1.165, 1.54) is 62.3 Å². The van der Waals surface area contributed by atoms with Crippen LogP contribution in [0.2, 0.25) is 0 Å². The van der Waals surface area contributed by atoms with Crippen molar-refractivity contribution in [2.24, 2.45) is 0 Å². The van der Waals surface area contributed by atoms with Crippen LogP contribution in [0.1, 0.15) is 154 Å². The van der Waals surface area contributed by atoms with Crippen molar-refractivity contribution >= 4 is 29.1 Å². The second-order valence-electron chi connectivity index (χ2n) is 14.3. The zero-order valence-electron chi connectivity index (χ0n) is 33.4. The first-order valence-corrected chi connectivity index (χ1v) is 21.2. The number of benzene rings is 1. The van der Waals surface area contributed by atoms with E-state index in [2.05, 4.69) is 41.2 Å². The maximum Gasteiger partial charge on any atom is 0.508 e. The average Bonchev–Trinajstić information content (AvgIpc) is 3.58. The zero-order valence-corrected chi connectivity index (χ0v) is 33.4. The number of H-pyrrole nitrogens is 1. The number of aromatic amines is 1. The number of hydrogen-bond donors (Lipinski definition) is 2. The van der Waals surface area contributed by atoms with Gasteiger partial charge in [0.05, 0.1) is 26.4 Å². The van der Waals surface area contributed by atoms with Gasteiger partial charge in [-0.25, -0.2) is 9.59 Å². The predicted octanol–water partition coefficient (Wildman–Crippen LogP) is 10.7. The van der Waals surface area contributed by atoms with Crippen molar-refractivity contribution in [2.45, 2.75) is 155 Å². The van der Waals surface area contributed by atoms with E-state index in [-0.39, 0.29) is 5.91 Å². The Kier molecular flexibility index (Phi) is 27.9. The minimum atomic E-state index is -0.564. The van der Waals surface area contributed by atoms with Gasteiger partial charge in [0.15, 0.2) is 0 Å². The molecule has 0 spiro atoms. The van der Waals surface area contributed by atoms with Gasteiger partial charge in [-0.3, -0.25) is 4.79 Å². The van der Waals surface area contributed by atoms with Gasteiger partial charge in [-0.05, 0) is 89.1 Å². The largest absolute Gasteiger partial charge is 0.508 e. The van der Waals surface area contributed by atoms with Crippen LogP contribution in [0.4, 0.5) is 9.59 Å². The number of nitrogens with zero attached hydrogens (tertiary/aromatic N) is 1. The van der Waals surface area contributed by atoms with E-state index in [0.29, 0.717) is 39.4 Å². The van der Waals surface area contributed by atoms with Gasteiger partial charge in [-0.1, -0.05) is 109 Å². The maximum absolute atomic E-state index is 12.4. The molecule has 0 aliphatic rings. The van der Waals surface area contributed by atoms with Gasteiger partial charge >= 0.3 is 12.3 Å². The smallest absolute Gasteiger partial charge is 0.434 e. The molecule has 0 radical (unpaired) electrons. The van der Waals surface area contributed by atoms with Crippen molar-refractivity contribution in [2.75, 3.05) is 52.6 Å². The molecule has 2 aromatic rings. The Balaban J connectivity index is 1.58. The van der Waals surface area contributed by atoms with E-state index in [0.717, 1.165) is 109 Å². The summed E-state index contributed by atoms with van der Waals surface area (Å²) in [6.07, 6.45) is 23.5. The molecule has 0 aliphatic carbocycles. The van der Waals surface area contributed by atoms with Gasteiger partial charge in [0, 0.05) is 30.1 Å². The van der Waals surface area contributed by atoms with E-state index >= 15 is 0 Å². The Hall–Kier alpha value is -3.27. The van der Waals surface area contributed by atoms with E-state index in [1.807, 2.05) is 18.3 Å². The Bertz CT molecular complexity index is 1160. The standard InChI is InChI=1S/C43H73N3O7/c1-3-5-7-9-13-21-33-50-42(48)52-35-23-19-31-46(32-20-24-36-53-43(49)51-34-22-14-10-8-6-4-2)30-18-12-11-17-29-44-41(47)28-27-38-37-45-40-26-16-15-25-39(38)40/h15-16,25-26,37,45H,3-14,17-24,27-36H2,1-2H3,(H,44,47). The summed E-state index contributed by atoms with van der Waals surface area (Å²) in [4.78, 5) is 42.0. The second-order valence-corrected chi connectivity index (χ2v) is 14.3. The van der Waals surface area contributed by atoms with Crippen molar-refractivity contribution in [1.82, 2.24) is 15.2 Å². The van der Waals surface area contributed by atoms with E-state index in [1.54, 1.807) is 0 Å². The minimum absolute atomic E-state index is 0.103. The first-order valence-electron chi connectivity index (χ1n) is 21.2. The summed E-state index contributed by atoms with van der Waals surface area (Å²) >= 11 is 0. The van der Waals surface area contributed by atoms with Crippen LogP contribution >= 0.6 is 0 Å². The summed E-state index contributed by atoms with van der Waals surface area (Å²) in [5.74, 6) is 0.103. The quantitative estimate of drug-likeness (QED) is 0.0537. The lowest BCUT2D eigenvalue weighted by atomic mass is 10.1. The first-order chi connectivity index (χ1) is 26.0. The predicted molar refractivity (Wildman–Crippen MR) is 214 cm³/mol. The summed E-state index contributed by atoms with van der Waals surface area (Å²) in [6, 6.07) is 8.19. The Morgan fingerprint density at radius 2 is 1.04 bits per heavy atom. The zero-order chi connectivity index (χ0) is 38.0. The highest BCUT2D eigenvalue weighted by atomic mass is 16.7. The normalized spacial score (nSPS) is 11.2. The number of unbranched alkanes of at least 4 members (excludes halogenated alkanes) is 15. The fourth-order valence-electron chi connectivity index (χ4n) is 6.40. The van der Waals surface area contributed by atoms with Crippen LogP contribution < -0.4 is 5.32 Å². The van der Waals surface area contributed by atoms with Gasteiger partial charge in [0.25, 0.3) is 0 Å². The number of carbonyl (C=O) groups excluding carboxylic acids is 3. The fourth-order valence-corrected chi connectivity index (χ4v) is 6.40. The number of fused-ring (bicyclic) bond motifs is 1. The molecule has 10 heteroatoms. The molecule has 1 aromatic heterocycles.